The number of hydrogen-bond acceptors (Lipinski definition) is 1. The van der Waals surface area contributed by atoms with Crippen LogP contribution in [-0.2, 0) is 0 Å². The molecule has 2 aromatic carbocycles. The van der Waals surface area contributed by atoms with E-state index in [1.165, 1.54) is 22.3 Å². The lowest BCUT2D eigenvalue weighted by molar-refractivity contribution is 0.501. The first kappa shape index (κ1) is 15.5. The van der Waals surface area contributed by atoms with E-state index in [1.54, 1.807) is 0 Å². The molecule has 0 aromatic heterocycles. The molecular formula is C20H25N. The van der Waals surface area contributed by atoms with Gasteiger partial charge < -0.3 is 5.32 Å². The van der Waals surface area contributed by atoms with Crippen LogP contribution in [0.25, 0.3) is 0 Å². The van der Waals surface area contributed by atoms with Crippen molar-refractivity contribution in [3.05, 3.63) is 83.4 Å². The van der Waals surface area contributed by atoms with Crippen molar-refractivity contribution in [2.45, 2.75) is 39.3 Å². The van der Waals surface area contributed by atoms with Gasteiger partial charge in [-0.3, -0.25) is 0 Å². The fraction of sp³-hybridized carbons (Fsp3) is 0.300. The molecule has 110 valence electrons. The molecule has 0 radical (unpaired) electrons. The van der Waals surface area contributed by atoms with Crippen molar-refractivity contribution in [2.75, 3.05) is 0 Å². The minimum absolute atomic E-state index is 0.224. The molecule has 0 aliphatic heterocycles. The Balaban J connectivity index is 2.37. The largest absolute Gasteiger partial charge is 0.303 e. The molecule has 2 unspecified atom stereocenters. The van der Waals surface area contributed by atoms with Crippen LogP contribution >= 0.6 is 0 Å². The molecule has 21 heavy (non-hydrogen) atoms. The van der Waals surface area contributed by atoms with Gasteiger partial charge in [0.1, 0.15) is 0 Å². The molecule has 0 saturated carbocycles. The zero-order valence-corrected chi connectivity index (χ0v) is 13.3. The highest BCUT2D eigenvalue weighted by Gasteiger charge is 2.17. The van der Waals surface area contributed by atoms with Crippen molar-refractivity contribution < 1.29 is 0 Å². The predicted octanol–water partition coefficient (Wildman–Crippen LogP) is 4.95. The van der Waals surface area contributed by atoms with Crippen molar-refractivity contribution in [1.29, 1.82) is 0 Å². The van der Waals surface area contributed by atoms with Crippen LogP contribution in [0.4, 0.5) is 0 Å². The Morgan fingerprint density at radius 3 is 2.43 bits per heavy atom. The molecule has 2 rings (SSSR count). The lowest BCUT2D eigenvalue weighted by Gasteiger charge is -2.25. The number of hydrogen-bond donors (Lipinski definition) is 1. The van der Waals surface area contributed by atoms with Gasteiger partial charge in [0.05, 0.1) is 6.04 Å². The standard InChI is InChI=1S/C20H25N/c1-5-9-17(4)21-20(18-10-7-6-8-11-18)19-13-12-15(2)14-16(19)3/h5-8,10-14,17,20-21H,1,9H2,2-4H3. The molecule has 1 heteroatoms. The molecule has 0 saturated heterocycles. The lowest BCUT2D eigenvalue weighted by Crippen LogP contribution is -2.31. The maximum Gasteiger partial charge on any atom is 0.0581 e. The van der Waals surface area contributed by atoms with Gasteiger partial charge >= 0.3 is 0 Å². The smallest absolute Gasteiger partial charge is 0.0581 e. The van der Waals surface area contributed by atoms with E-state index in [1.807, 2.05) is 6.08 Å². The molecule has 2 aromatic rings. The molecule has 0 aliphatic rings. The van der Waals surface area contributed by atoms with Crippen molar-refractivity contribution in [2.24, 2.45) is 0 Å². The second-order valence-corrected chi connectivity index (χ2v) is 5.80. The molecule has 0 heterocycles. The van der Waals surface area contributed by atoms with E-state index in [0.717, 1.165) is 6.42 Å². The summed E-state index contributed by atoms with van der Waals surface area (Å²) in [6.07, 6.45) is 2.94. The van der Waals surface area contributed by atoms with Crippen LogP contribution in [0.2, 0.25) is 0 Å². The average Bonchev–Trinajstić information content (AvgIpc) is 2.47. The van der Waals surface area contributed by atoms with Gasteiger partial charge in [-0.15, -0.1) is 6.58 Å². The average molecular weight is 279 g/mol. The Hall–Kier alpha value is -1.86. The van der Waals surface area contributed by atoms with Gasteiger partial charge in [0.15, 0.2) is 0 Å². The summed E-state index contributed by atoms with van der Waals surface area (Å²) in [5, 5.41) is 3.74. The van der Waals surface area contributed by atoms with Crippen LogP contribution in [-0.4, -0.2) is 6.04 Å². The van der Waals surface area contributed by atoms with E-state index in [9.17, 15) is 0 Å². The Labute approximate surface area is 128 Å². The zero-order valence-electron chi connectivity index (χ0n) is 13.3. The molecule has 0 spiro atoms. The van der Waals surface area contributed by atoms with Crippen LogP contribution in [0.15, 0.2) is 61.2 Å². The van der Waals surface area contributed by atoms with Crippen molar-refractivity contribution >= 4 is 0 Å². The van der Waals surface area contributed by atoms with Crippen LogP contribution in [0.1, 0.15) is 41.6 Å². The van der Waals surface area contributed by atoms with Crippen LogP contribution in [0.5, 0.6) is 0 Å². The van der Waals surface area contributed by atoms with Crippen molar-refractivity contribution in [3.63, 3.8) is 0 Å². The highest BCUT2D eigenvalue weighted by molar-refractivity contribution is 5.39. The lowest BCUT2D eigenvalue weighted by atomic mass is 9.93. The maximum absolute atomic E-state index is 3.84. The first-order chi connectivity index (χ1) is 10.1. The van der Waals surface area contributed by atoms with Gasteiger partial charge in [0.25, 0.3) is 0 Å². The van der Waals surface area contributed by atoms with E-state index in [-0.39, 0.29) is 6.04 Å². The topological polar surface area (TPSA) is 12.0 Å². The highest BCUT2D eigenvalue weighted by atomic mass is 14.9. The minimum atomic E-state index is 0.224. The van der Waals surface area contributed by atoms with Gasteiger partial charge in [0.2, 0.25) is 0 Å². The third kappa shape index (κ3) is 4.05. The number of rotatable bonds is 6. The van der Waals surface area contributed by atoms with Gasteiger partial charge in [-0.2, -0.15) is 0 Å². The van der Waals surface area contributed by atoms with E-state index in [0.29, 0.717) is 6.04 Å². The third-order valence-electron chi connectivity index (χ3n) is 3.84. The SMILES string of the molecule is C=CCC(C)NC(c1ccccc1)c1ccc(C)cc1C. The van der Waals surface area contributed by atoms with E-state index >= 15 is 0 Å². The monoisotopic (exact) mass is 279 g/mol. The molecular weight excluding hydrogens is 254 g/mol. The summed E-state index contributed by atoms with van der Waals surface area (Å²) in [7, 11) is 0. The first-order valence-electron chi connectivity index (χ1n) is 7.61. The molecule has 0 bridgehead atoms. The van der Waals surface area contributed by atoms with Crippen LogP contribution in [0, 0.1) is 13.8 Å². The number of benzene rings is 2. The molecule has 1 N–H and O–H groups in total. The highest BCUT2D eigenvalue weighted by Crippen LogP contribution is 2.26. The maximum atomic E-state index is 3.84. The second kappa shape index (κ2) is 7.24. The Kier molecular flexibility index (Phi) is 5.35. The Bertz CT molecular complexity index is 586. The van der Waals surface area contributed by atoms with Gasteiger partial charge in [-0.1, -0.05) is 60.2 Å². The van der Waals surface area contributed by atoms with Gasteiger partial charge in [-0.05, 0) is 43.9 Å². The number of nitrogens with one attached hydrogen (secondary N) is 1. The summed E-state index contributed by atoms with van der Waals surface area (Å²) in [5.41, 5.74) is 5.30. The van der Waals surface area contributed by atoms with E-state index < -0.39 is 0 Å². The molecule has 0 aliphatic carbocycles. The second-order valence-electron chi connectivity index (χ2n) is 5.80. The van der Waals surface area contributed by atoms with Gasteiger partial charge in [-0.25, -0.2) is 0 Å². The minimum Gasteiger partial charge on any atom is -0.303 e. The predicted molar refractivity (Wildman–Crippen MR) is 91.6 cm³/mol. The van der Waals surface area contributed by atoms with Crippen LogP contribution < -0.4 is 5.32 Å². The number of aryl methyl sites for hydroxylation is 2. The molecule has 0 amide bonds. The summed E-state index contributed by atoms with van der Waals surface area (Å²) in [6.45, 7) is 10.4. The van der Waals surface area contributed by atoms with E-state index in [4.69, 9.17) is 0 Å². The normalized spacial score (nSPS) is 13.7. The molecule has 2 atom stereocenters. The molecule has 0 fully saturated rings. The summed E-state index contributed by atoms with van der Waals surface area (Å²) < 4.78 is 0. The summed E-state index contributed by atoms with van der Waals surface area (Å²) in [5.74, 6) is 0. The summed E-state index contributed by atoms with van der Waals surface area (Å²) in [4.78, 5) is 0. The fourth-order valence-electron chi connectivity index (χ4n) is 2.76. The van der Waals surface area contributed by atoms with Crippen LogP contribution in [0.3, 0.4) is 0 Å². The van der Waals surface area contributed by atoms with E-state index in [2.05, 4.69) is 81.2 Å². The Morgan fingerprint density at radius 2 is 1.81 bits per heavy atom. The first-order valence-corrected chi connectivity index (χ1v) is 7.61. The molecule has 1 nitrogen and oxygen atoms in total. The third-order valence-corrected chi connectivity index (χ3v) is 3.84. The van der Waals surface area contributed by atoms with Crippen molar-refractivity contribution in [3.8, 4) is 0 Å². The van der Waals surface area contributed by atoms with Gasteiger partial charge in [0, 0.05) is 6.04 Å². The zero-order chi connectivity index (χ0) is 15.2. The van der Waals surface area contributed by atoms with Crippen molar-refractivity contribution in [1.82, 2.24) is 5.32 Å². The summed E-state index contributed by atoms with van der Waals surface area (Å²) >= 11 is 0. The quantitative estimate of drug-likeness (QED) is 0.738. The summed E-state index contributed by atoms with van der Waals surface area (Å²) in [6, 6.07) is 18.0. The Morgan fingerprint density at radius 1 is 1.10 bits per heavy atom. The fourth-order valence-corrected chi connectivity index (χ4v) is 2.76.